The molecule has 2 aliphatic rings. The first kappa shape index (κ1) is 32.5. The molecule has 214 valence electrons. The largest absolute Gasteiger partial charge is 0.392 e. The number of Topliss-reactive ketones (excluding diaryl/α,β-unsaturated/α-hetero) is 1. The highest BCUT2D eigenvalue weighted by Crippen LogP contribution is 2.68. The number of allylic oxidation sites excluding steroid dienone is 9. The van der Waals surface area contributed by atoms with E-state index in [0.29, 0.717) is 12.8 Å². The minimum absolute atomic E-state index is 0.0434. The number of hydrogen-bond donors (Lipinski definition) is 2. The van der Waals surface area contributed by atoms with Crippen molar-refractivity contribution in [3.8, 4) is 0 Å². The second kappa shape index (κ2) is 12.6. The summed E-state index contributed by atoms with van der Waals surface area (Å²) in [5.41, 5.74) is 3.19. The lowest BCUT2D eigenvalue weighted by Crippen LogP contribution is -2.73. The van der Waals surface area contributed by atoms with Crippen LogP contribution >= 0.6 is 0 Å². The van der Waals surface area contributed by atoms with Crippen molar-refractivity contribution in [1.29, 1.82) is 0 Å². The highest BCUT2D eigenvalue weighted by Gasteiger charge is 2.72. The zero-order valence-electron chi connectivity index (χ0n) is 26.2. The maximum Gasteiger partial charge on any atom is 0.170 e. The zero-order valence-corrected chi connectivity index (χ0v) is 26.2. The second-order valence-corrected chi connectivity index (χ2v) is 13.8. The quantitative estimate of drug-likeness (QED) is 0.266. The molecule has 38 heavy (non-hydrogen) atoms. The molecule has 2 rings (SSSR count). The van der Waals surface area contributed by atoms with E-state index >= 15 is 0 Å². The molecular weight excluding hydrogens is 468 g/mol. The van der Waals surface area contributed by atoms with E-state index in [4.69, 9.17) is 0 Å². The van der Waals surface area contributed by atoms with E-state index in [1.54, 1.807) is 0 Å². The Kier molecular flexibility index (Phi) is 10.8. The molecule has 0 spiro atoms. The van der Waals surface area contributed by atoms with Gasteiger partial charge in [-0.2, -0.15) is 0 Å². The van der Waals surface area contributed by atoms with Gasteiger partial charge in [0.25, 0.3) is 0 Å². The van der Waals surface area contributed by atoms with Crippen LogP contribution in [0.2, 0.25) is 0 Å². The Morgan fingerprint density at radius 2 is 1.50 bits per heavy atom. The molecule has 0 aromatic rings. The number of carbonyl (C=O) groups excluding carboxylic acids is 1. The van der Waals surface area contributed by atoms with Gasteiger partial charge in [0, 0.05) is 5.41 Å². The van der Waals surface area contributed by atoms with E-state index in [1.807, 2.05) is 13.8 Å². The summed E-state index contributed by atoms with van der Waals surface area (Å²) in [6.07, 6.45) is 13.5. The molecule has 0 heterocycles. The van der Waals surface area contributed by atoms with Crippen LogP contribution in [-0.2, 0) is 4.79 Å². The third kappa shape index (κ3) is 6.20. The standard InChI is InChI=1S/C35H56O3/c1-23(2)13-12-19-33(11)29(17-15-25(5)6)22-34(20-18-26(7)8)21-28(16-14-24(3)4)31(37)35(33,32(34)38)30(36)27(9)10/h13-15,18,21,27,29-30,32,36,38H,12,16-17,19-20,22H2,1-11H3/t29-,30-,32+,33+,34-,35-/m0/s1. The van der Waals surface area contributed by atoms with Gasteiger partial charge in [0.15, 0.2) is 5.78 Å². The van der Waals surface area contributed by atoms with E-state index in [1.165, 1.54) is 22.3 Å². The van der Waals surface area contributed by atoms with Crippen LogP contribution < -0.4 is 0 Å². The van der Waals surface area contributed by atoms with Crippen LogP contribution in [0.25, 0.3) is 0 Å². The lowest BCUT2D eigenvalue weighted by Gasteiger charge is -2.67. The van der Waals surface area contributed by atoms with Crippen LogP contribution in [0.4, 0.5) is 0 Å². The first-order valence-corrected chi connectivity index (χ1v) is 14.7. The van der Waals surface area contributed by atoms with Gasteiger partial charge in [-0.05, 0) is 117 Å². The van der Waals surface area contributed by atoms with Gasteiger partial charge in [0.2, 0.25) is 0 Å². The molecule has 2 bridgehead atoms. The van der Waals surface area contributed by atoms with Crippen molar-refractivity contribution in [2.45, 2.75) is 127 Å². The Morgan fingerprint density at radius 3 is 2.00 bits per heavy atom. The van der Waals surface area contributed by atoms with Crippen molar-refractivity contribution in [2.75, 3.05) is 0 Å². The lowest BCUT2D eigenvalue weighted by atomic mass is 9.37. The number of carbonyl (C=O) groups is 1. The van der Waals surface area contributed by atoms with E-state index in [2.05, 4.69) is 92.7 Å². The van der Waals surface area contributed by atoms with E-state index in [9.17, 15) is 15.0 Å². The molecule has 0 amide bonds. The van der Waals surface area contributed by atoms with Gasteiger partial charge in [-0.1, -0.05) is 73.4 Å². The van der Waals surface area contributed by atoms with Gasteiger partial charge in [-0.3, -0.25) is 4.79 Å². The summed E-state index contributed by atoms with van der Waals surface area (Å²) in [7, 11) is 0. The lowest BCUT2D eigenvalue weighted by molar-refractivity contribution is -0.236. The first-order chi connectivity index (χ1) is 17.5. The van der Waals surface area contributed by atoms with Crippen LogP contribution in [-0.4, -0.2) is 28.2 Å². The average Bonchev–Trinajstić information content (AvgIpc) is 2.80. The van der Waals surface area contributed by atoms with Crippen molar-refractivity contribution in [3.05, 3.63) is 58.2 Å². The smallest absolute Gasteiger partial charge is 0.170 e. The third-order valence-electron chi connectivity index (χ3n) is 9.32. The molecule has 0 aromatic heterocycles. The van der Waals surface area contributed by atoms with Gasteiger partial charge in [-0.25, -0.2) is 0 Å². The zero-order chi connectivity index (χ0) is 29.1. The van der Waals surface area contributed by atoms with Crippen LogP contribution in [0.5, 0.6) is 0 Å². The number of ketones is 1. The fourth-order valence-electron chi connectivity index (χ4n) is 7.17. The Balaban J connectivity index is 2.98. The number of aliphatic hydroxyl groups is 2. The van der Waals surface area contributed by atoms with Crippen LogP contribution in [0.1, 0.15) is 115 Å². The minimum Gasteiger partial charge on any atom is -0.392 e. The van der Waals surface area contributed by atoms with E-state index in [-0.39, 0.29) is 17.6 Å². The van der Waals surface area contributed by atoms with Gasteiger partial charge < -0.3 is 10.2 Å². The Bertz CT molecular complexity index is 1010. The summed E-state index contributed by atoms with van der Waals surface area (Å²) in [5, 5.41) is 24.7. The predicted molar refractivity (Wildman–Crippen MR) is 162 cm³/mol. The SMILES string of the molecule is CC(C)=CCC[C@]1(C)[C@@H](CC=C(C)C)C[C@]2(CC=C(C)C)C=C(CC=C(C)C)C(=O)[C@@]1([C@@H](O)C(C)C)[C@@H]2O. The molecule has 0 aliphatic heterocycles. The topological polar surface area (TPSA) is 57.5 Å². The molecule has 0 aromatic carbocycles. The van der Waals surface area contributed by atoms with Gasteiger partial charge in [-0.15, -0.1) is 0 Å². The van der Waals surface area contributed by atoms with Crippen LogP contribution in [0.3, 0.4) is 0 Å². The molecule has 3 nitrogen and oxygen atoms in total. The minimum atomic E-state index is -1.27. The van der Waals surface area contributed by atoms with E-state index < -0.39 is 28.5 Å². The molecular formula is C35H56O3. The van der Waals surface area contributed by atoms with Crippen molar-refractivity contribution in [1.82, 2.24) is 0 Å². The highest BCUT2D eigenvalue weighted by atomic mass is 16.3. The molecule has 2 N–H and O–H groups in total. The monoisotopic (exact) mass is 524 g/mol. The van der Waals surface area contributed by atoms with Gasteiger partial charge in [0.05, 0.1) is 17.6 Å². The van der Waals surface area contributed by atoms with Crippen molar-refractivity contribution in [2.24, 2.45) is 28.1 Å². The molecule has 1 saturated carbocycles. The third-order valence-corrected chi connectivity index (χ3v) is 9.32. The van der Waals surface area contributed by atoms with Crippen LogP contribution in [0.15, 0.2) is 58.2 Å². The predicted octanol–water partition coefficient (Wildman–Crippen LogP) is 8.69. The summed E-state index contributed by atoms with van der Waals surface area (Å²) >= 11 is 0. The van der Waals surface area contributed by atoms with Crippen molar-refractivity contribution < 1.29 is 15.0 Å². The summed E-state index contributed by atoms with van der Waals surface area (Å²) < 4.78 is 0. The number of fused-ring (bicyclic) bond motifs is 2. The Labute approximate surface area is 233 Å². The number of hydrogen-bond acceptors (Lipinski definition) is 3. The maximum atomic E-state index is 14.8. The summed E-state index contributed by atoms with van der Waals surface area (Å²) in [4.78, 5) is 14.8. The summed E-state index contributed by atoms with van der Waals surface area (Å²) in [5.74, 6) is -0.0591. The molecule has 3 heteroatoms. The fraction of sp³-hybridized carbons (Fsp3) is 0.686. The molecule has 0 saturated heterocycles. The maximum absolute atomic E-state index is 14.8. The number of rotatable bonds is 11. The van der Waals surface area contributed by atoms with Crippen molar-refractivity contribution in [3.63, 3.8) is 0 Å². The molecule has 0 unspecified atom stereocenters. The highest BCUT2D eigenvalue weighted by molar-refractivity contribution is 6.03. The molecule has 1 fully saturated rings. The van der Waals surface area contributed by atoms with Gasteiger partial charge in [0.1, 0.15) is 0 Å². The van der Waals surface area contributed by atoms with Crippen molar-refractivity contribution >= 4 is 5.78 Å². The summed E-state index contributed by atoms with van der Waals surface area (Å²) in [6, 6.07) is 0. The van der Waals surface area contributed by atoms with E-state index in [0.717, 1.165) is 31.3 Å². The molecule has 6 atom stereocenters. The fourth-order valence-corrected chi connectivity index (χ4v) is 7.17. The summed E-state index contributed by atoms with van der Waals surface area (Å²) in [6.45, 7) is 22.9. The Hall–Kier alpha value is -1.71. The number of aliphatic hydroxyl groups excluding tert-OH is 2. The van der Waals surface area contributed by atoms with Crippen LogP contribution in [0, 0.1) is 28.1 Å². The molecule has 2 aliphatic carbocycles. The average molecular weight is 525 g/mol. The molecule has 0 radical (unpaired) electrons. The Morgan fingerprint density at radius 1 is 0.947 bits per heavy atom. The normalized spacial score (nSPS) is 31.3. The second-order valence-electron chi connectivity index (χ2n) is 13.8. The van der Waals surface area contributed by atoms with Gasteiger partial charge >= 0.3 is 0 Å². The first-order valence-electron chi connectivity index (χ1n) is 14.7.